The van der Waals surface area contributed by atoms with Crippen LogP contribution in [-0.4, -0.2) is 32.1 Å². The van der Waals surface area contributed by atoms with Crippen LogP contribution in [0, 0.1) is 5.82 Å². The summed E-state index contributed by atoms with van der Waals surface area (Å²) in [4.78, 5) is 2.13. The van der Waals surface area contributed by atoms with Crippen LogP contribution in [0.5, 0.6) is 0 Å². The Morgan fingerprint density at radius 2 is 1.94 bits per heavy atom. The number of piperidine rings is 1. The highest BCUT2D eigenvalue weighted by Crippen LogP contribution is 2.37. The molecule has 1 aliphatic rings. The Bertz CT molecular complexity index is 400. The molecule has 0 bridgehead atoms. The third-order valence-electron chi connectivity index (χ3n) is 3.72. The van der Waals surface area contributed by atoms with Crippen LogP contribution in [0.4, 0.5) is 4.39 Å². The van der Waals surface area contributed by atoms with Gasteiger partial charge in [-0.2, -0.15) is 0 Å². The Balaban J connectivity index is 2.45. The van der Waals surface area contributed by atoms with E-state index in [-0.39, 0.29) is 11.4 Å². The van der Waals surface area contributed by atoms with Crippen molar-refractivity contribution in [1.82, 2.24) is 10.2 Å². The fraction of sp³-hybridized carbons (Fsp3) is 0.538. The lowest BCUT2D eigenvalue weighted by Gasteiger charge is -2.43. The predicted octanol–water partition coefficient (Wildman–Crippen LogP) is 2.62. The van der Waals surface area contributed by atoms with Gasteiger partial charge in [0.1, 0.15) is 5.82 Å². The van der Waals surface area contributed by atoms with E-state index in [1.165, 1.54) is 6.07 Å². The molecule has 1 aromatic rings. The van der Waals surface area contributed by atoms with Crippen LogP contribution in [0.1, 0.15) is 18.4 Å². The van der Waals surface area contributed by atoms with Crippen LogP contribution in [-0.2, 0) is 5.54 Å². The summed E-state index contributed by atoms with van der Waals surface area (Å²) in [5.41, 5.74) is 0.549. The summed E-state index contributed by atoms with van der Waals surface area (Å²) >= 11 is 5.81. The molecule has 2 rings (SSSR count). The van der Waals surface area contributed by atoms with E-state index in [9.17, 15) is 4.39 Å². The molecular formula is C13H18ClFN2. The highest BCUT2D eigenvalue weighted by molar-refractivity contribution is 6.30. The van der Waals surface area contributed by atoms with Gasteiger partial charge in [0.2, 0.25) is 0 Å². The fourth-order valence-electron chi connectivity index (χ4n) is 2.66. The van der Waals surface area contributed by atoms with E-state index in [1.807, 2.05) is 20.2 Å². The van der Waals surface area contributed by atoms with Gasteiger partial charge in [-0.05, 0) is 52.2 Å². The Labute approximate surface area is 107 Å². The molecule has 0 aliphatic carbocycles. The predicted molar refractivity (Wildman–Crippen MR) is 68.9 cm³/mol. The largest absolute Gasteiger partial charge is 0.317 e. The minimum absolute atomic E-state index is 0.201. The molecule has 1 fully saturated rings. The SMILES string of the molecule is CN(C)C1(c2ccc(Cl)cc2F)CCNCC1. The van der Waals surface area contributed by atoms with Crippen molar-refractivity contribution in [2.45, 2.75) is 18.4 Å². The Kier molecular flexibility index (Phi) is 3.71. The molecule has 94 valence electrons. The van der Waals surface area contributed by atoms with E-state index in [0.717, 1.165) is 31.5 Å². The molecule has 0 unspecified atom stereocenters. The normalized spacial score (nSPS) is 19.6. The molecular weight excluding hydrogens is 239 g/mol. The van der Waals surface area contributed by atoms with Crippen molar-refractivity contribution in [2.24, 2.45) is 0 Å². The highest BCUT2D eigenvalue weighted by Gasteiger charge is 2.37. The lowest BCUT2D eigenvalue weighted by molar-refractivity contribution is 0.103. The van der Waals surface area contributed by atoms with Crippen LogP contribution < -0.4 is 5.32 Å². The van der Waals surface area contributed by atoms with E-state index in [0.29, 0.717) is 5.02 Å². The van der Waals surface area contributed by atoms with E-state index < -0.39 is 0 Å². The zero-order valence-electron chi connectivity index (χ0n) is 10.3. The van der Waals surface area contributed by atoms with Crippen LogP contribution in [0.15, 0.2) is 18.2 Å². The van der Waals surface area contributed by atoms with Crippen molar-refractivity contribution in [3.05, 3.63) is 34.6 Å². The molecule has 2 nitrogen and oxygen atoms in total. The van der Waals surface area contributed by atoms with Gasteiger partial charge < -0.3 is 5.32 Å². The third kappa shape index (κ3) is 2.32. The van der Waals surface area contributed by atoms with Gasteiger partial charge >= 0.3 is 0 Å². The van der Waals surface area contributed by atoms with Gasteiger partial charge in [-0.25, -0.2) is 4.39 Å². The van der Waals surface area contributed by atoms with Crippen molar-refractivity contribution in [3.8, 4) is 0 Å². The quantitative estimate of drug-likeness (QED) is 0.875. The van der Waals surface area contributed by atoms with Gasteiger partial charge in [-0.15, -0.1) is 0 Å². The number of hydrogen-bond donors (Lipinski definition) is 1. The monoisotopic (exact) mass is 256 g/mol. The van der Waals surface area contributed by atoms with Crippen molar-refractivity contribution in [1.29, 1.82) is 0 Å². The zero-order chi connectivity index (χ0) is 12.5. The van der Waals surface area contributed by atoms with E-state index >= 15 is 0 Å². The second kappa shape index (κ2) is 4.92. The van der Waals surface area contributed by atoms with Gasteiger partial charge in [0.05, 0.1) is 5.54 Å². The van der Waals surface area contributed by atoms with E-state index in [1.54, 1.807) is 6.07 Å². The lowest BCUT2D eigenvalue weighted by atomic mass is 9.80. The van der Waals surface area contributed by atoms with Crippen LogP contribution >= 0.6 is 11.6 Å². The molecule has 0 radical (unpaired) electrons. The lowest BCUT2D eigenvalue weighted by Crippen LogP contribution is -2.49. The molecule has 0 atom stereocenters. The zero-order valence-corrected chi connectivity index (χ0v) is 11.0. The molecule has 1 aromatic carbocycles. The summed E-state index contributed by atoms with van der Waals surface area (Å²) < 4.78 is 14.1. The second-order valence-electron chi connectivity index (χ2n) is 4.80. The summed E-state index contributed by atoms with van der Waals surface area (Å²) in [5, 5.41) is 3.77. The number of rotatable bonds is 2. The summed E-state index contributed by atoms with van der Waals surface area (Å²) in [5.74, 6) is -0.201. The first-order chi connectivity index (χ1) is 8.06. The van der Waals surface area contributed by atoms with E-state index in [4.69, 9.17) is 11.6 Å². The standard InChI is InChI=1S/C13H18ClFN2/c1-17(2)13(5-7-16-8-6-13)11-4-3-10(14)9-12(11)15/h3-4,9,16H,5-8H2,1-2H3. The second-order valence-corrected chi connectivity index (χ2v) is 5.24. The maximum absolute atomic E-state index is 14.1. The number of hydrogen-bond acceptors (Lipinski definition) is 2. The molecule has 0 amide bonds. The molecule has 1 saturated heterocycles. The topological polar surface area (TPSA) is 15.3 Å². The average Bonchev–Trinajstić information content (AvgIpc) is 2.29. The van der Waals surface area contributed by atoms with Crippen molar-refractivity contribution in [2.75, 3.05) is 27.2 Å². The fourth-order valence-corrected chi connectivity index (χ4v) is 2.82. The summed E-state index contributed by atoms with van der Waals surface area (Å²) in [7, 11) is 4.03. The van der Waals surface area contributed by atoms with Crippen molar-refractivity contribution >= 4 is 11.6 Å². The Morgan fingerprint density at radius 3 is 2.47 bits per heavy atom. The summed E-state index contributed by atoms with van der Waals surface area (Å²) in [6, 6.07) is 5.00. The first-order valence-electron chi connectivity index (χ1n) is 5.90. The molecule has 4 heteroatoms. The average molecular weight is 257 g/mol. The van der Waals surface area contributed by atoms with Gasteiger partial charge in [-0.1, -0.05) is 17.7 Å². The number of halogens is 2. The maximum atomic E-state index is 14.1. The minimum atomic E-state index is -0.208. The first kappa shape index (κ1) is 12.8. The first-order valence-corrected chi connectivity index (χ1v) is 6.28. The number of nitrogens with one attached hydrogen (secondary N) is 1. The van der Waals surface area contributed by atoms with Crippen LogP contribution in [0.3, 0.4) is 0 Å². The molecule has 17 heavy (non-hydrogen) atoms. The summed E-state index contributed by atoms with van der Waals surface area (Å²) in [6.07, 6.45) is 1.83. The van der Waals surface area contributed by atoms with Gasteiger partial charge in [0.15, 0.2) is 0 Å². The molecule has 0 spiro atoms. The number of benzene rings is 1. The van der Waals surface area contributed by atoms with Gasteiger partial charge in [-0.3, -0.25) is 4.90 Å². The highest BCUT2D eigenvalue weighted by atomic mass is 35.5. The molecule has 1 aliphatic heterocycles. The molecule has 0 aromatic heterocycles. The third-order valence-corrected chi connectivity index (χ3v) is 3.95. The van der Waals surface area contributed by atoms with Gasteiger partial charge in [0.25, 0.3) is 0 Å². The van der Waals surface area contributed by atoms with Crippen LogP contribution in [0.2, 0.25) is 5.02 Å². The van der Waals surface area contributed by atoms with Crippen molar-refractivity contribution in [3.63, 3.8) is 0 Å². The smallest absolute Gasteiger partial charge is 0.129 e. The maximum Gasteiger partial charge on any atom is 0.129 e. The molecule has 1 N–H and O–H groups in total. The number of nitrogens with zero attached hydrogens (tertiary/aromatic N) is 1. The van der Waals surface area contributed by atoms with Crippen molar-refractivity contribution < 1.29 is 4.39 Å². The Morgan fingerprint density at radius 1 is 1.29 bits per heavy atom. The van der Waals surface area contributed by atoms with E-state index in [2.05, 4.69) is 10.2 Å². The molecule has 1 heterocycles. The Hall–Kier alpha value is -0.640. The van der Waals surface area contributed by atoms with Gasteiger partial charge in [0, 0.05) is 10.6 Å². The summed E-state index contributed by atoms with van der Waals surface area (Å²) in [6.45, 7) is 1.83. The minimum Gasteiger partial charge on any atom is -0.317 e. The van der Waals surface area contributed by atoms with Crippen LogP contribution in [0.25, 0.3) is 0 Å². The molecule has 0 saturated carbocycles.